The summed E-state index contributed by atoms with van der Waals surface area (Å²) in [4.78, 5) is 57.2. The number of nitrogens with one attached hydrogen (secondary N) is 2. The van der Waals surface area contributed by atoms with E-state index in [9.17, 15) is 24.3 Å². The second-order valence-corrected chi connectivity index (χ2v) is 10.1. The van der Waals surface area contributed by atoms with Crippen LogP contribution < -0.4 is 27.8 Å². The Kier molecular flexibility index (Phi) is 11.6. The molecule has 4 unspecified atom stereocenters. The van der Waals surface area contributed by atoms with Gasteiger partial charge in [-0.2, -0.15) is 0 Å². The average molecular weight is 566 g/mol. The molecular formula is C29H39N7O5. The van der Waals surface area contributed by atoms with E-state index >= 15 is 0 Å². The molecule has 220 valence electrons. The van der Waals surface area contributed by atoms with Crippen LogP contribution in [-0.4, -0.2) is 76.9 Å². The summed E-state index contributed by atoms with van der Waals surface area (Å²) in [5, 5.41) is 15.0. The van der Waals surface area contributed by atoms with Crippen LogP contribution in [0, 0.1) is 0 Å². The number of hydrogen-bond acceptors (Lipinski definition) is 6. The fourth-order valence-corrected chi connectivity index (χ4v) is 4.83. The molecule has 1 aliphatic heterocycles. The summed E-state index contributed by atoms with van der Waals surface area (Å²) >= 11 is 0. The molecule has 9 N–H and O–H groups in total. The van der Waals surface area contributed by atoms with Crippen LogP contribution in [0.1, 0.15) is 36.8 Å². The van der Waals surface area contributed by atoms with E-state index < -0.39 is 42.0 Å². The van der Waals surface area contributed by atoms with Crippen molar-refractivity contribution < 1.29 is 24.3 Å². The van der Waals surface area contributed by atoms with Crippen LogP contribution in [0.5, 0.6) is 0 Å². The number of carboxylic acids is 1. The van der Waals surface area contributed by atoms with Gasteiger partial charge in [-0.15, -0.1) is 0 Å². The number of carbonyl (C=O) groups is 4. The second-order valence-electron chi connectivity index (χ2n) is 10.1. The molecule has 12 heteroatoms. The third-order valence-electron chi connectivity index (χ3n) is 6.93. The van der Waals surface area contributed by atoms with E-state index in [0.29, 0.717) is 32.2 Å². The topological polar surface area (TPSA) is 206 Å². The minimum Gasteiger partial charge on any atom is -0.480 e. The summed E-state index contributed by atoms with van der Waals surface area (Å²) < 4.78 is 0. The smallest absolute Gasteiger partial charge is 0.326 e. The minimum absolute atomic E-state index is 0.0702. The summed E-state index contributed by atoms with van der Waals surface area (Å²) in [6.45, 7) is 0.593. The second kappa shape index (κ2) is 15.4. The van der Waals surface area contributed by atoms with Crippen molar-refractivity contribution in [2.45, 2.75) is 62.7 Å². The van der Waals surface area contributed by atoms with Gasteiger partial charge in [0.05, 0.1) is 6.04 Å². The summed E-state index contributed by atoms with van der Waals surface area (Å²) in [5.74, 6) is -2.79. The van der Waals surface area contributed by atoms with Crippen molar-refractivity contribution in [2.24, 2.45) is 22.2 Å². The molecule has 0 bridgehead atoms. The van der Waals surface area contributed by atoms with E-state index in [1.54, 1.807) is 24.3 Å². The van der Waals surface area contributed by atoms with Gasteiger partial charge < -0.3 is 37.8 Å². The number of benzene rings is 2. The van der Waals surface area contributed by atoms with Gasteiger partial charge in [-0.1, -0.05) is 60.7 Å². The van der Waals surface area contributed by atoms with Crippen molar-refractivity contribution in [3.05, 3.63) is 71.8 Å². The molecule has 0 spiro atoms. The Morgan fingerprint density at radius 3 is 2.12 bits per heavy atom. The van der Waals surface area contributed by atoms with Crippen LogP contribution in [0.25, 0.3) is 0 Å². The lowest BCUT2D eigenvalue weighted by Crippen LogP contribution is -2.57. The molecule has 2 aromatic carbocycles. The fourth-order valence-electron chi connectivity index (χ4n) is 4.83. The highest BCUT2D eigenvalue weighted by atomic mass is 16.4. The number of rotatable bonds is 14. The van der Waals surface area contributed by atoms with E-state index in [1.807, 2.05) is 36.4 Å². The zero-order chi connectivity index (χ0) is 29.8. The number of amides is 3. The SMILES string of the molecule is NC(N)=NCCCC(NC(=O)C1CCCN1C(=O)C(N)Cc1ccccc1)C(=O)NC(Cc1ccccc1)C(=O)O. The quantitative estimate of drug-likeness (QED) is 0.103. The fraction of sp³-hybridized carbons (Fsp3) is 0.414. The lowest BCUT2D eigenvalue weighted by atomic mass is 10.0. The molecule has 41 heavy (non-hydrogen) atoms. The minimum atomic E-state index is -1.21. The molecule has 4 atom stereocenters. The van der Waals surface area contributed by atoms with Crippen LogP contribution in [-0.2, 0) is 32.0 Å². The number of aliphatic imine (C=N–C) groups is 1. The number of likely N-dealkylation sites (tertiary alicyclic amines) is 1. The molecule has 1 fully saturated rings. The molecule has 0 saturated carbocycles. The van der Waals surface area contributed by atoms with Gasteiger partial charge in [0.25, 0.3) is 0 Å². The Balaban J connectivity index is 1.69. The third kappa shape index (κ3) is 9.60. The maximum atomic E-state index is 13.4. The van der Waals surface area contributed by atoms with Crippen molar-refractivity contribution in [3.63, 3.8) is 0 Å². The number of aliphatic carboxylic acids is 1. The first-order chi connectivity index (χ1) is 19.7. The van der Waals surface area contributed by atoms with E-state index in [2.05, 4.69) is 15.6 Å². The van der Waals surface area contributed by atoms with Gasteiger partial charge in [0, 0.05) is 19.5 Å². The van der Waals surface area contributed by atoms with E-state index in [4.69, 9.17) is 17.2 Å². The number of nitrogens with two attached hydrogens (primary N) is 3. The van der Waals surface area contributed by atoms with Crippen molar-refractivity contribution in [3.8, 4) is 0 Å². The highest BCUT2D eigenvalue weighted by molar-refractivity contribution is 5.94. The largest absolute Gasteiger partial charge is 0.480 e. The maximum absolute atomic E-state index is 13.4. The highest BCUT2D eigenvalue weighted by Crippen LogP contribution is 2.20. The van der Waals surface area contributed by atoms with Gasteiger partial charge in [0.2, 0.25) is 17.7 Å². The molecule has 12 nitrogen and oxygen atoms in total. The highest BCUT2D eigenvalue weighted by Gasteiger charge is 2.38. The van der Waals surface area contributed by atoms with Crippen LogP contribution >= 0.6 is 0 Å². The maximum Gasteiger partial charge on any atom is 0.326 e. The van der Waals surface area contributed by atoms with E-state index in [0.717, 1.165) is 11.1 Å². The van der Waals surface area contributed by atoms with E-state index in [1.165, 1.54) is 4.90 Å². The van der Waals surface area contributed by atoms with Crippen molar-refractivity contribution in [1.82, 2.24) is 15.5 Å². The zero-order valence-electron chi connectivity index (χ0n) is 22.9. The summed E-state index contributed by atoms with van der Waals surface area (Å²) in [6, 6.07) is 14.4. The molecule has 0 aromatic heterocycles. The van der Waals surface area contributed by atoms with Crippen molar-refractivity contribution in [1.29, 1.82) is 0 Å². The summed E-state index contributed by atoms with van der Waals surface area (Å²) in [5.41, 5.74) is 18.6. The van der Waals surface area contributed by atoms with Gasteiger partial charge >= 0.3 is 5.97 Å². The Labute approximate surface area is 239 Å². The lowest BCUT2D eigenvalue weighted by molar-refractivity contribution is -0.143. The molecule has 3 rings (SSSR count). The number of carbonyl (C=O) groups excluding carboxylic acids is 3. The molecule has 2 aromatic rings. The van der Waals surface area contributed by atoms with Gasteiger partial charge in [-0.05, 0) is 43.2 Å². The first-order valence-corrected chi connectivity index (χ1v) is 13.7. The lowest BCUT2D eigenvalue weighted by Gasteiger charge is -2.28. The molecule has 0 aliphatic carbocycles. The van der Waals surface area contributed by atoms with Crippen molar-refractivity contribution >= 4 is 29.7 Å². The Morgan fingerprint density at radius 1 is 0.927 bits per heavy atom. The third-order valence-corrected chi connectivity index (χ3v) is 6.93. The standard InChI is InChI=1S/C29H39N7O5/c30-21(17-19-9-3-1-4-10-19)27(39)36-16-8-14-24(36)26(38)34-22(13-7-15-33-29(31)32)25(37)35-23(28(40)41)18-20-11-5-2-6-12-20/h1-6,9-12,21-24H,7-8,13-18,30H2,(H,34,38)(H,35,37)(H,40,41)(H4,31,32,33). The Morgan fingerprint density at radius 2 is 1.54 bits per heavy atom. The first kappa shape index (κ1) is 31.1. The van der Waals surface area contributed by atoms with Crippen LogP contribution in [0.2, 0.25) is 0 Å². The van der Waals surface area contributed by atoms with Gasteiger partial charge in [-0.25, -0.2) is 4.79 Å². The number of hydrogen-bond donors (Lipinski definition) is 6. The summed E-state index contributed by atoms with van der Waals surface area (Å²) in [7, 11) is 0. The molecular weight excluding hydrogens is 526 g/mol. The van der Waals surface area contributed by atoms with Crippen LogP contribution in [0.15, 0.2) is 65.7 Å². The van der Waals surface area contributed by atoms with Gasteiger partial charge in [-0.3, -0.25) is 19.4 Å². The monoisotopic (exact) mass is 565 g/mol. The molecule has 0 radical (unpaired) electrons. The molecule has 1 aliphatic rings. The van der Waals surface area contributed by atoms with Gasteiger partial charge in [0.15, 0.2) is 5.96 Å². The van der Waals surface area contributed by atoms with Crippen molar-refractivity contribution in [2.75, 3.05) is 13.1 Å². The first-order valence-electron chi connectivity index (χ1n) is 13.7. The molecule has 1 heterocycles. The van der Waals surface area contributed by atoms with Gasteiger partial charge in [0.1, 0.15) is 18.1 Å². The zero-order valence-corrected chi connectivity index (χ0v) is 22.9. The van der Waals surface area contributed by atoms with Crippen LogP contribution in [0.4, 0.5) is 0 Å². The normalized spacial score (nSPS) is 16.7. The predicted molar refractivity (Wildman–Crippen MR) is 154 cm³/mol. The molecule has 3 amide bonds. The number of carboxylic acid groups (broad SMARTS) is 1. The van der Waals surface area contributed by atoms with E-state index in [-0.39, 0.29) is 31.3 Å². The number of nitrogens with zero attached hydrogens (tertiary/aromatic N) is 2. The van der Waals surface area contributed by atoms with Crippen LogP contribution in [0.3, 0.4) is 0 Å². The Bertz CT molecular complexity index is 1200. The average Bonchev–Trinajstić information content (AvgIpc) is 3.45. The number of guanidine groups is 1. The summed E-state index contributed by atoms with van der Waals surface area (Å²) in [6.07, 6.45) is 1.94. The molecule has 1 saturated heterocycles. The Hall–Kier alpha value is -4.45. The predicted octanol–water partition coefficient (Wildman–Crippen LogP) is -0.102.